The highest BCUT2D eigenvalue weighted by molar-refractivity contribution is 6.37. The summed E-state index contributed by atoms with van der Waals surface area (Å²) in [6.07, 6.45) is 1.46. The van der Waals surface area contributed by atoms with Gasteiger partial charge in [0.2, 0.25) is 0 Å². The van der Waals surface area contributed by atoms with Crippen LogP contribution < -0.4 is 5.73 Å². The van der Waals surface area contributed by atoms with Gasteiger partial charge in [-0.3, -0.25) is 0 Å². The van der Waals surface area contributed by atoms with E-state index in [0.717, 1.165) is 0 Å². The third kappa shape index (κ3) is 3.80. The summed E-state index contributed by atoms with van der Waals surface area (Å²) >= 11 is 0. The van der Waals surface area contributed by atoms with E-state index in [1.165, 1.54) is 6.26 Å². The van der Waals surface area contributed by atoms with E-state index in [-0.39, 0.29) is 0 Å². The second-order valence-electron chi connectivity index (χ2n) is 2.48. The van der Waals surface area contributed by atoms with Crippen LogP contribution in [-0.2, 0) is 4.65 Å². The third-order valence-corrected chi connectivity index (χ3v) is 1.39. The number of hydrogen-bond donors (Lipinski definition) is 1. The van der Waals surface area contributed by atoms with Crippen molar-refractivity contribution in [1.82, 2.24) is 0 Å². The van der Waals surface area contributed by atoms with E-state index >= 15 is 0 Å². The summed E-state index contributed by atoms with van der Waals surface area (Å²) < 4.78 is 32.0. The topological polar surface area (TPSA) is 73.1 Å². The molecule has 0 spiro atoms. The predicted molar refractivity (Wildman–Crippen MR) is 51.6 cm³/mol. The van der Waals surface area contributed by atoms with Crippen molar-refractivity contribution in [3.63, 3.8) is 0 Å². The van der Waals surface area contributed by atoms with Crippen molar-refractivity contribution in [2.45, 2.75) is 6.92 Å². The third-order valence-electron chi connectivity index (χ3n) is 1.39. The maximum Gasteiger partial charge on any atom is 0.798 e. The Morgan fingerprint density at radius 3 is 2.80 bits per heavy atom. The van der Waals surface area contributed by atoms with Gasteiger partial charge in [0, 0.05) is 0 Å². The summed E-state index contributed by atoms with van der Waals surface area (Å²) in [6.45, 7) is 1.60. The van der Waals surface area contributed by atoms with Crippen LogP contribution in [0.2, 0.25) is 0 Å². The molecule has 0 saturated heterocycles. The molecule has 1 rings (SSSR count). The Morgan fingerprint density at radius 1 is 1.53 bits per heavy atom. The first kappa shape index (κ1) is 11.2. The van der Waals surface area contributed by atoms with Crippen molar-refractivity contribution in [2.24, 2.45) is 15.9 Å². The quantitative estimate of drug-likeness (QED) is 0.357. The second-order valence-corrected chi connectivity index (χ2v) is 2.48. The Bertz CT molecular complexity index is 364. The highest BCUT2D eigenvalue weighted by Crippen LogP contribution is 2.02. The Kier molecular flexibility index (Phi) is 3.84. The molecule has 1 aromatic heterocycles. The van der Waals surface area contributed by atoms with Gasteiger partial charge < -0.3 is 14.8 Å². The Hall–Kier alpha value is -1.86. The highest BCUT2D eigenvalue weighted by atomic mass is 19.2. The molecule has 1 heterocycles. The van der Waals surface area contributed by atoms with Crippen LogP contribution in [0.3, 0.4) is 0 Å². The van der Waals surface area contributed by atoms with Gasteiger partial charge in [-0.2, -0.15) is 0 Å². The zero-order valence-corrected chi connectivity index (χ0v) is 7.85. The van der Waals surface area contributed by atoms with Gasteiger partial charge in [0.05, 0.1) is 6.26 Å². The molecule has 0 aromatic carbocycles. The van der Waals surface area contributed by atoms with E-state index < -0.39 is 13.5 Å². The average Bonchev–Trinajstić information content (AvgIpc) is 2.65. The van der Waals surface area contributed by atoms with Crippen LogP contribution in [0.5, 0.6) is 0 Å². The molecule has 0 saturated carbocycles. The van der Waals surface area contributed by atoms with Gasteiger partial charge in [0.25, 0.3) is 6.02 Å². The fraction of sp³-hybridized carbons (Fsp3) is 0.143. The van der Waals surface area contributed by atoms with E-state index in [0.29, 0.717) is 11.5 Å². The van der Waals surface area contributed by atoms with Crippen LogP contribution in [0.1, 0.15) is 12.7 Å². The molecule has 0 radical (unpaired) electrons. The first-order valence-corrected chi connectivity index (χ1v) is 3.96. The summed E-state index contributed by atoms with van der Waals surface area (Å²) in [5.41, 5.74) is 5.39. The van der Waals surface area contributed by atoms with E-state index in [1.807, 2.05) is 0 Å². The summed E-state index contributed by atoms with van der Waals surface area (Å²) in [4.78, 5) is 0. The van der Waals surface area contributed by atoms with Crippen molar-refractivity contribution in [3.05, 3.63) is 24.2 Å². The van der Waals surface area contributed by atoms with E-state index in [4.69, 9.17) is 10.2 Å². The van der Waals surface area contributed by atoms with Gasteiger partial charge in [-0.15, -0.1) is 5.10 Å². The Labute approximate surface area is 84.8 Å². The van der Waals surface area contributed by atoms with Crippen molar-refractivity contribution < 1.29 is 17.7 Å². The molecule has 0 aliphatic rings. The molecular weight excluding hydrogens is 207 g/mol. The molecule has 5 nitrogen and oxygen atoms in total. The largest absolute Gasteiger partial charge is 0.798 e. The fourth-order valence-electron chi connectivity index (χ4n) is 0.773. The van der Waals surface area contributed by atoms with Crippen LogP contribution in [0, 0.1) is 0 Å². The van der Waals surface area contributed by atoms with E-state index in [9.17, 15) is 8.63 Å². The van der Waals surface area contributed by atoms with Crippen LogP contribution in [0.25, 0.3) is 0 Å². The van der Waals surface area contributed by atoms with Crippen molar-refractivity contribution in [1.29, 1.82) is 0 Å². The monoisotopic (exact) mass is 215 g/mol. The minimum Gasteiger partial charge on any atom is -0.477 e. The number of hydrogen-bond acceptors (Lipinski definition) is 4. The lowest BCUT2D eigenvalue weighted by atomic mass is 10.3. The minimum atomic E-state index is -3.01. The van der Waals surface area contributed by atoms with E-state index in [2.05, 4.69) is 14.9 Å². The number of amidine groups is 1. The molecule has 0 atom stereocenters. The summed E-state index contributed by atoms with van der Waals surface area (Å²) in [5, 5.41) is 6.79. The number of furan rings is 1. The Balaban J connectivity index is 2.64. The molecule has 0 unspecified atom stereocenters. The average molecular weight is 215 g/mol. The molecule has 15 heavy (non-hydrogen) atoms. The normalized spacial score (nSPS) is 12.7. The molecule has 80 valence electrons. The molecular formula is C7H8BF2N3O2. The first-order chi connectivity index (χ1) is 7.09. The SMILES string of the molecule is C/C(=N\N=C(\N)OB(F)F)c1ccco1. The number of halogens is 2. The minimum absolute atomic E-state index is 0.404. The zero-order chi connectivity index (χ0) is 11.3. The lowest BCUT2D eigenvalue weighted by Gasteiger charge is -1.97. The predicted octanol–water partition coefficient (Wildman–Crippen LogP) is 1.26. The molecule has 8 heteroatoms. The van der Waals surface area contributed by atoms with Crippen LogP contribution >= 0.6 is 0 Å². The van der Waals surface area contributed by atoms with Gasteiger partial charge in [-0.1, -0.05) is 5.10 Å². The van der Waals surface area contributed by atoms with Crippen molar-refractivity contribution in [3.8, 4) is 0 Å². The smallest absolute Gasteiger partial charge is 0.477 e. The van der Waals surface area contributed by atoms with Gasteiger partial charge >= 0.3 is 7.47 Å². The lowest BCUT2D eigenvalue weighted by Crippen LogP contribution is -2.21. The van der Waals surface area contributed by atoms with Gasteiger partial charge in [-0.05, 0) is 19.1 Å². The Morgan fingerprint density at radius 2 is 2.27 bits per heavy atom. The van der Waals surface area contributed by atoms with Crippen molar-refractivity contribution >= 4 is 19.2 Å². The highest BCUT2D eigenvalue weighted by Gasteiger charge is 2.18. The number of nitrogens with two attached hydrogens (primary N) is 1. The standard InChI is InChI=1S/C7H8BF2N3O2/c1-5(6-3-2-4-14-6)12-13-7(11)15-8(9)10/h2-4H,1H3,(H2,11,13)/b12-5+. The summed E-state index contributed by atoms with van der Waals surface area (Å²) in [5.74, 6) is 0.476. The molecule has 0 aliphatic carbocycles. The maximum atomic E-state index is 11.6. The van der Waals surface area contributed by atoms with Crippen LogP contribution in [0.15, 0.2) is 33.0 Å². The number of rotatable bonds is 3. The lowest BCUT2D eigenvalue weighted by molar-refractivity contribution is 0.413. The maximum absolute atomic E-state index is 11.6. The fourth-order valence-corrected chi connectivity index (χ4v) is 0.773. The van der Waals surface area contributed by atoms with Gasteiger partial charge in [0.1, 0.15) is 11.5 Å². The van der Waals surface area contributed by atoms with Crippen molar-refractivity contribution in [2.75, 3.05) is 0 Å². The number of nitrogens with zero attached hydrogens (tertiary/aromatic N) is 2. The molecule has 2 N–H and O–H groups in total. The molecule has 0 amide bonds. The van der Waals surface area contributed by atoms with Gasteiger partial charge in [0.15, 0.2) is 0 Å². The molecule has 1 aromatic rings. The molecule has 0 fully saturated rings. The summed E-state index contributed by atoms with van der Waals surface area (Å²) in [6, 6.07) is 2.62. The molecule has 0 bridgehead atoms. The van der Waals surface area contributed by atoms with E-state index in [1.54, 1.807) is 19.1 Å². The molecule has 0 aliphatic heterocycles. The first-order valence-electron chi connectivity index (χ1n) is 3.96. The second kappa shape index (κ2) is 5.13. The van der Waals surface area contributed by atoms with Crippen LogP contribution in [0.4, 0.5) is 8.63 Å². The van der Waals surface area contributed by atoms with Crippen LogP contribution in [-0.4, -0.2) is 19.2 Å². The summed E-state index contributed by atoms with van der Waals surface area (Å²) in [7, 11) is -3.01. The zero-order valence-electron chi connectivity index (χ0n) is 7.85. The van der Waals surface area contributed by atoms with Gasteiger partial charge in [-0.25, -0.2) is 8.63 Å².